The maximum absolute atomic E-state index is 12.5. The molecular formula is C11H14FNO. The molecule has 0 aliphatic heterocycles. The first-order valence-corrected chi connectivity index (χ1v) is 4.84. The highest BCUT2D eigenvalue weighted by Gasteiger charge is 2.17. The molecule has 0 amide bonds. The Kier molecular flexibility index (Phi) is 3.74. The van der Waals surface area contributed by atoms with E-state index in [1.54, 1.807) is 0 Å². The van der Waals surface area contributed by atoms with Gasteiger partial charge in [0.2, 0.25) is 0 Å². The highest BCUT2D eigenvalue weighted by atomic mass is 19.1. The monoisotopic (exact) mass is 195 g/mol. The van der Waals surface area contributed by atoms with Crippen LogP contribution in [-0.4, -0.2) is 10.8 Å². The first-order chi connectivity index (χ1) is 6.69. The molecule has 0 atom stereocenters. The van der Waals surface area contributed by atoms with Gasteiger partial charge in [0, 0.05) is 5.92 Å². The Morgan fingerprint density at radius 1 is 1.43 bits per heavy atom. The lowest BCUT2D eigenvalue weighted by Gasteiger charge is -2.09. The zero-order valence-electron chi connectivity index (χ0n) is 8.46. The molecule has 0 aromatic carbocycles. The van der Waals surface area contributed by atoms with Crippen molar-refractivity contribution in [3.63, 3.8) is 0 Å². The van der Waals surface area contributed by atoms with Crippen molar-refractivity contribution in [2.45, 2.75) is 26.7 Å². The Morgan fingerprint density at radius 3 is 2.50 bits per heavy atom. The smallest absolute Gasteiger partial charge is 0.184 e. The number of pyridine rings is 1. The van der Waals surface area contributed by atoms with Crippen LogP contribution in [0.3, 0.4) is 0 Å². The number of Topliss-reactive ketones (excluding diaryl/α,β-unsaturated/α-hetero) is 1. The zero-order valence-corrected chi connectivity index (χ0v) is 8.46. The fraction of sp³-hybridized carbons (Fsp3) is 0.455. The molecule has 0 saturated carbocycles. The summed E-state index contributed by atoms with van der Waals surface area (Å²) in [6, 6.07) is 2.71. The second-order valence-corrected chi connectivity index (χ2v) is 3.24. The molecule has 0 N–H and O–H groups in total. The van der Waals surface area contributed by atoms with Gasteiger partial charge in [-0.1, -0.05) is 13.8 Å². The molecule has 0 spiro atoms. The van der Waals surface area contributed by atoms with Gasteiger partial charge in [-0.2, -0.15) is 0 Å². The maximum atomic E-state index is 12.5. The second kappa shape index (κ2) is 4.84. The largest absolute Gasteiger partial charge is 0.292 e. The van der Waals surface area contributed by atoms with E-state index in [0.717, 1.165) is 19.0 Å². The third-order valence-corrected chi connectivity index (χ3v) is 2.34. The number of nitrogens with zero attached hydrogens (tertiary/aromatic N) is 1. The van der Waals surface area contributed by atoms with E-state index in [1.807, 2.05) is 13.8 Å². The summed E-state index contributed by atoms with van der Waals surface area (Å²) in [4.78, 5) is 15.5. The SMILES string of the molecule is CCC(CC)C(=O)c1ccc(F)cn1. The van der Waals surface area contributed by atoms with Crippen LogP contribution in [0.1, 0.15) is 37.2 Å². The van der Waals surface area contributed by atoms with Crippen LogP contribution in [0.15, 0.2) is 18.3 Å². The van der Waals surface area contributed by atoms with Crippen molar-refractivity contribution < 1.29 is 9.18 Å². The predicted octanol–water partition coefficient (Wildman–Crippen LogP) is 2.84. The lowest BCUT2D eigenvalue weighted by Crippen LogP contribution is -2.14. The van der Waals surface area contributed by atoms with Gasteiger partial charge in [0.1, 0.15) is 11.5 Å². The average Bonchev–Trinajstić information content (AvgIpc) is 2.20. The van der Waals surface area contributed by atoms with E-state index in [9.17, 15) is 9.18 Å². The quantitative estimate of drug-likeness (QED) is 0.691. The second-order valence-electron chi connectivity index (χ2n) is 3.24. The van der Waals surface area contributed by atoms with Crippen molar-refractivity contribution in [1.82, 2.24) is 4.98 Å². The molecule has 1 heterocycles. The Bertz CT molecular complexity index is 304. The number of ketones is 1. The van der Waals surface area contributed by atoms with Crippen LogP contribution >= 0.6 is 0 Å². The third-order valence-electron chi connectivity index (χ3n) is 2.34. The van der Waals surface area contributed by atoms with Crippen LogP contribution in [-0.2, 0) is 0 Å². The summed E-state index contributed by atoms with van der Waals surface area (Å²) in [6.07, 6.45) is 2.68. The fourth-order valence-corrected chi connectivity index (χ4v) is 1.39. The number of halogens is 1. The van der Waals surface area contributed by atoms with Crippen molar-refractivity contribution in [2.75, 3.05) is 0 Å². The summed E-state index contributed by atoms with van der Waals surface area (Å²) in [5.41, 5.74) is 0.361. The number of aromatic nitrogens is 1. The minimum atomic E-state index is -0.411. The first kappa shape index (κ1) is 10.8. The van der Waals surface area contributed by atoms with Gasteiger partial charge in [-0.15, -0.1) is 0 Å². The summed E-state index contributed by atoms with van der Waals surface area (Å²) in [5, 5.41) is 0. The maximum Gasteiger partial charge on any atom is 0.184 e. The van der Waals surface area contributed by atoms with E-state index >= 15 is 0 Å². The van der Waals surface area contributed by atoms with Crippen LogP contribution in [0, 0.1) is 11.7 Å². The lowest BCUT2D eigenvalue weighted by molar-refractivity contribution is 0.0908. The Balaban J connectivity index is 2.83. The van der Waals surface area contributed by atoms with Gasteiger partial charge < -0.3 is 0 Å². The summed E-state index contributed by atoms with van der Waals surface area (Å²) in [6.45, 7) is 3.94. The topological polar surface area (TPSA) is 30.0 Å². The molecule has 0 unspecified atom stereocenters. The first-order valence-electron chi connectivity index (χ1n) is 4.84. The highest BCUT2D eigenvalue weighted by Crippen LogP contribution is 2.14. The molecule has 0 aliphatic carbocycles. The summed E-state index contributed by atoms with van der Waals surface area (Å²) >= 11 is 0. The summed E-state index contributed by atoms with van der Waals surface area (Å²) in [7, 11) is 0. The molecule has 1 rings (SSSR count). The molecule has 14 heavy (non-hydrogen) atoms. The van der Waals surface area contributed by atoms with Gasteiger partial charge in [-0.3, -0.25) is 9.78 Å². The van der Waals surface area contributed by atoms with E-state index in [0.29, 0.717) is 5.69 Å². The molecule has 1 aromatic heterocycles. The Morgan fingerprint density at radius 2 is 2.07 bits per heavy atom. The molecule has 0 aliphatic rings. The number of rotatable bonds is 4. The summed E-state index contributed by atoms with van der Waals surface area (Å²) in [5.74, 6) is -0.394. The number of hydrogen-bond donors (Lipinski definition) is 0. The van der Waals surface area contributed by atoms with E-state index in [-0.39, 0.29) is 11.7 Å². The third kappa shape index (κ3) is 2.37. The average molecular weight is 195 g/mol. The van der Waals surface area contributed by atoms with Crippen molar-refractivity contribution >= 4 is 5.78 Å². The number of carbonyl (C=O) groups excluding carboxylic acids is 1. The molecule has 1 aromatic rings. The van der Waals surface area contributed by atoms with Crippen LogP contribution < -0.4 is 0 Å². The highest BCUT2D eigenvalue weighted by molar-refractivity contribution is 5.95. The van der Waals surface area contributed by atoms with Crippen LogP contribution in [0.25, 0.3) is 0 Å². The van der Waals surface area contributed by atoms with Gasteiger partial charge in [-0.25, -0.2) is 4.39 Å². The van der Waals surface area contributed by atoms with Gasteiger partial charge in [0.25, 0.3) is 0 Å². The van der Waals surface area contributed by atoms with E-state index in [2.05, 4.69) is 4.98 Å². The molecule has 0 bridgehead atoms. The standard InChI is InChI=1S/C11H14FNO/c1-3-8(4-2)11(14)10-6-5-9(12)7-13-10/h5-8H,3-4H2,1-2H3. The van der Waals surface area contributed by atoms with Crippen molar-refractivity contribution in [3.8, 4) is 0 Å². The van der Waals surface area contributed by atoms with Crippen LogP contribution in [0.5, 0.6) is 0 Å². The molecular weight excluding hydrogens is 181 g/mol. The predicted molar refractivity (Wildman–Crippen MR) is 52.6 cm³/mol. The van der Waals surface area contributed by atoms with Crippen LogP contribution in [0.4, 0.5) is 4.39 Å². The van der Waals surface area contributed by atoms with Crippen molar-refractivity contribution in [2.24, 2.45) is 5.92 Å². The normalized spacial score (nSPS) is 10.6. The molecule has 0 saturated heterocycles. The minimum Gasteiger partial charge on any atom is -0.292 e. The zero-order chi connectivity index (χ0) is 10.6. The van der Waals surface area contributed by atoms with Crippen molar-refractivity contribution in [1.29, 1.82) is 0 Å². The Hall–Kier alpha value is -1.25. The minimum absolute atomic E-state index is 0.00737. The molecule has 76 valence electrons. The summed E-state index contributed by atoms with van der Waals surface area (Å²) < 4.78 is 12.5. The van der Waals surface area contributed by atoms with Gasteiger partial charge in [0.15, 0.2) is 5.78 Å². The molecule has 3 heteroatoms. The van der Waals surface area contributed by atoms with Gasteiger partial charge in [0.05, 0.1) is 6.20 Å². The number of carbonyl (C=O) groups is 1. The van der Waals surface area contributed by atoms with Crippen LogP contribution in [0.2, 0.25) is 0 Å². The molecule has 0 fully saturated rings. The Labute approximate surface area is 83.2 Å². The van der Waals surface area contributed by atoms with Gasteiger partial charge >= 0.3 is 0 Å². The van der Waals surface area contributed by atoms with E-state index < -0.39 is 5.82 Å². The van der Waals surface area contributed by atoms with E-state index in [1.165, 1.54) is 12.1 Å². The molecule has 2 nitrogen and oxygen atoms in total. The fourth-order valence-electron chi connectivity index (χ4n) is 1.39. The van der Waals surface area contributed by atoms with E-state index in [4.69, 9.17) is 0 Å². The van der Waals surface area contributed by atoms with Crippen molar-refractivity contribution in [3.05, 3.63) is 29.8 Å². The van der Waals surface area contributed by atoms with Gasteiger partial charge in [-0.05, 0) is 25.0 Å². The molecule has 0 radical (unpaired) electrons. The lowest BCUT2D eigenvalue weighted by atomic mass is 9.96. The number of hydrogen-bond acceptors (Lipinski definition) is 2.